The van der Waals surface area contributed by atoms with Crippen LogP contribution in [0.4, 0.5) is 0 Å². The van der Waals surface area contributed by atoms with Crippen molar-refractivity contribution in [2.45, 2.75) is 6.42 Å². The van der Waals surface area contributed by atoms with Gasteiger partial charge in [0.1, 0.15) is 0 Å². The molecule has 1 atom stereocenters. The number of rotatable bonds is 5. The topological polar surface area (TPSA) is 63.6 Å². The van der Waals surface area contributed by atoms with Crippen LogP contribution in [0, 0.1) is 0 Å². The summed E-state index contributed by atoms with van der Waals surface area (Å²) in [5.74, 6) is -0.469. The van der Waals surface area contributed by atoms with Crippen LogP contribution in [0.3, 0.4) is 0 Å². The third kappa shape index (κ3) is 6.85. The number of hydrogen-bond acceptors (Lipinski definition) is 3. The first-order valence-electron chi connectivity index (χ1n) is 4.08. The molecule has 1 unspecified atom stereocenters. The van der Waals surface area contributed by atoms with Crippen LogP contribution in [-0.4, -0.2) is 55.0 Å². The molecule has 0 amide bonds. The van der Waals surface area contributed by atoms with Gasteiger partial charge in [-0.2, -0.15) is 0 Å². The molecule has 1 aromatic carbocycles. The Morgan fingerprint density at radius 1 is 1.40 bits per heavy atom. The van der Waals surface area contributed by atoms with Crippen LogP contribution in [0.25, 0.3) is 0 Å². The van der Waals surface area contributed by atoms with Crippen LogP contribution in [-0.2, 0) is 9.36 Å². The van der Waals surface area contributed by atoms with E-state index in [1.807, 2.05) is 6.07 Å². The molecular formula is C9H12CaO4P+. The zero-order valence-electron chi connectivity index (χ0n) is 10.1. The van der Waals surface area contributed by atoms with Gasteiger partial charge in [-0.05, 0) is 16.7 Å². The fraction of sp³-hybridized carbons (Fsp3) is 0.222. The van der Waals surface area contributed by atoms with Gasteiger partial charge in [0, 0.05) is 0 Å². The molecule has 78 valence electrons. The average Bonchev–Trinajstić information content (AvgIpc) is 2.16. The van der Waals surface area contributed by atoms with Gasteiger partial charge in [-0.1, -0.05) is 18.2 Å². The summed E-state index contributed by atoms with van der Waals surface area (Å²) in [5.41, 5.74) is 0. The van der Waals surface area contributed by atoms with E-state index in [0.717, 1.165) is 0 Å². The molecule has 0 saturated carbocycles. The minimum atomic E-state index is -1.92. The molecule has 1 aromatic rings. The fourth-order valence-electron chi connectivity index (χ4n) is 0.831. The van der Waals surface area contributed by atoms with E-state index in [4.69, 9.17) is 9.63 Å². The summed E-state index contributed by atoms with van der Waals surface area (Å²) in [7, 11) is -1.92. The van der Waals surface area contributed by atoms with Crippen LogP contribution >= 0.6 is 8.03 Å². The van der Waals surface area contributed by atoms with Crippen LogP contribution in [0.2, 0.25) is 0 Å². The van der Waals surface area contributed by atoms with E-state index in [-0.39, 0.29) is 53.2 Å². The number of hydrogen-bond donors (Lipinski definition) is 1. The zero-order valence-corrected chi connectivity index (χ0v) is 11.2. The maximum atomic E-state index is 11.2. The summed E-state index contributed by atoms with van der Waals surface area (Å²) in [4.78, 5) is 10.2. The van der Waals surface area contributed by atoms with Gasteiger partial charge < -0.3 is 7.96 Å². The summed E-state index contributed by atoms with van der Waals surface area (Å²) in [5, 5.41) is 8.34. The quantitative estimate of drug-likeness (QED) is 0.646. The third-order valence-corrected chi connectivity index (χ3v) is 2.46. The Morgan fingerprint density at radius 3 is 2.53 bits per heavy atom. The Kier molecular flexibility index (Phi) is 7.97. The number of benzene rings is 1. The standard InChI is InChI=1S/C9H9O4P.Ca.2H/c10-9(11)6-7-14(12)13-8-4-2-1-3-5-8;;;/h1-5H,6-7H2;;;/q;+2;2*-1/p+1. The molecular weight excluding hydrogens is 243 g/mol. The number of carbonyl (C=O) groups is 1. The van der Waals surface area contributed by atoms with Crippen molar-refractivity contribution in [3.8, 4) is 5.75 Å². The number of carboxylic acids is 1. The normalized spacial score (nSPS) is 10.0. The summed E-state index contributed by atoms with van der Waals surface area (Å²) in [6, 6.07) is 8.69. The van der Waals surface area contributed by atoms with E-state index < -0.39 is 14.0 Å². The summed E-state index contributed by atoms with van der Waals surface area (Å²) in [6.07, 6.45) is -0.0956. The molecule has 15 heavy (non-hydrogen) atoms. The first-order chi connectivity index (χ1) is 6.68. The van der Waals surface area contributed by atoms with Crippen molar-refractivity contribution in [2.24, 2.45) is 0 Å². The smallest absolute Gasteiger partial charge is 1.00 e. The molecule has 0 heterocycles. The molecule has 0 radical (unpaired) electrons. The maximum Gasteiger partial charge on any atom is 2.00 e. The predicted molar refractivity (Wildman–Crippen MR) is 59.8 cm³/mol. The SMILES string of the molecule is O=C(O)CC[P+](=O)Oc1ccccc1.[Ca+2].[H-].[H-]. The summed E-state index contributed by atoms with van der Waals surface area (Å²) >= 11 is 0. The molecule has 0 bridgehead atoms. The predicted octanol–water partition coefficient (Wildman–Crippen LogP) is 2.13. The Bertz CT molecular complexity index is 337. The second kappa shape index (κ2) is 8.05. The summed E-state index contributed by atoms with van der Waals surface area (Å²) < 4.78 is 16.2. The molecule has 0 saturated heterocycles. The first kappa shape index (κ1) is 14.8. The van der Waals surface area contributed by atoms with E-state index in [1.165, 1.54) is 0 Å². The van der Waals surface area contributed by atoms with E-state index in [2.05, 4.69) is 0 Å². The van der Waals surface area contributed by atoms with Crippen LogP contribution in [0.1, 0.15) is 9.27 Å². The van der Waals surface area contributed by atoms with Crippen molar-refractivity contribution in [3.05, 3.63) is 30.3 Å². The monoisotopic (exact) mass is 255 g/mol. The zero-order chi connectivity index (χ0) is 10.4. The van der Waals surface area contributed by atoms with Crippen molar-refractivity contribution in [2.75, 3.05) is 6.16 Å². The van der Waals surface area contributed by atoms with Crippen molar-refractivity contribution >= 4 is 51.7 Å². The molecule has 0 aliphatic rings. The molecule has 0 fully saturated rings. The van der Waals surface area contributed by atoms with Gasteiger partial charge in [0.2, 0.25) is 0 Å². The van der Waals surface area contributed by atoms with Gasteiger partial charge >= 0.3 is 51.7 Å². The molecule has 6 heteroatoms. The van der Waals surface area contributed by atoms with Crippen LogP contribution < -0.4 is 4.52 Å². The maximum absolute atomic E-state index is 11.2. The van der Waals surface area contributed by atoms with Gasteiger partial charge in [0.05, 0.1) is 6.42 Å². The largest absolute Gasteiger partial charge is 2.00 e. The molecule has 1 N–H and O–H groups in total. The second-order valence-corrected chi connectivity index (χ2v) is 3.90. The van der Waals surface area contributed by atoms with Crippen molar-refractivity contribution < 1.29 is 21.8 Å². The Labute approximate surface area is 121 Å². The van der Waals surface area contributed by atoms with Gasteiger partial charge in [-0.15, -0.1) is 0 Å². The molecule has 0 spiro atoms. The van der Waals surface area contributed by atoms with Crippen LogP contribution in [0.5, 0.6) is 5.75 Å². The average molecular weight is 255 g/mol. The Hall–Kier alpha value is -0.150. The molecule has 1 rings (SSSR count). The van der Waals surface area contributed by atoms with Gasteiger partial charge in [-0.3, -0.25) is 9.32 Å². The Morgan fingerprint density at radius 2 is 2.00 bits per heavy atom. The van der Waals surface area contributed by atoms with Gasteiger partial charge in [-0.25, -0.2) is 0 Å². The van der Waals surface area contributed by atoms with Gasteiger partial charge in [0.25, 0.3) is 0 Å². The second-order valence-electron chi connectivity index (χ2n) is 2.60. The minimum Gasteiger partial charge on any atom is -1.00 e. The van der Waals surface area contributed by atoms with Crippen molar-refractivity contribution in [1.82, 2.24) is 0 Å². The molecule has 0 aromatic heterocycles. The van der Waals surface area contributed by atoms with E-state index in [1.54, 1.807) is 24.3 Å². The summed E-state index contributed by atoms with van der Waals surface area (Å²) in [6.45, 7) is 0. The van der Waals surface area contributed by atoms with E-state index >= 15 is 0 Å². The Balaban J connectivity index is -0.000000653. The van der Waals surface area contributed by atoms with Gasteiger partial charge in [0.15, 0.2) is 11.9 Å². The first-order valence-corrected chi connectivity index (χ1v) is 5.44. The number of carboxylic acid groups (broad SMARTS) is 1. The van der Waals surface area contributed by atoms with Crippen LogP contribution in [0.15, 0.2) is 30.3 Å². The van der Waals surface area contributed by atoms with Crippen molar-refractivity contribution in [1.29, 1.82) is 0 Å². The molecule has 4 nitrogen and oxygen atoms in total. The van der Waals surface area contributed by atoms with E-state index in [9.17, 15) is 9.36 Å². The molecule has 0 aliphatic carbocycles. The fourth-order valence-corrected chi connectivity index (χ4v) is 1.65. The number of para-hydroxylation sites is 1. The van der Waals surface area contributed by atoms with E-state index in [0.29, 0.717) is 5.75 Å². The van der Waals surface area contributed by atoms with Crippen molar-refractivity contribution in [3.63, 3.8) is 0 Å². The minimum absolute atomic E-state index is 0. The third-order valence-electron chi connectivity index (χ3n) is 1.46. The molecule has 0 aliphatic heterocycles. The number of aliphatic carboxylic acids is 1.